The molecule has 6 rings (SSSR count). The number of tetrazole rings is 1. The maximum atomic E-state index is 13.4. The number of carboxylic acid groups (broad SMARTS) is 1. The van der Waals surface area contributed by atoms with Crippen molar-refractivity contribution >= 4 is 36.1 Å². The third kappa shape index (κ3) is 5.12. The molecule has 196 valence electrons. The molecular formula is C27H21Cl2N7O3. The first-order valence-electron chi connectivity index (χ1n) is 11.8. The first-order chi connectivity index (χ1) is 18.5. The average Bonchev–Trinajstić information content (AvgIpc) is 3.68. The lowest BCUT2D eigenvalue weighted by Crippen LogP contribution is -2.23. The largest absolute Gasteiger partial charge is 0.478 e. The monoisotopic (exact) mass is 561 g/mol. The van der Waals surface area contributed by atoms with E-state index in [0.29, 0.717) is 17.3 Å². The number of benzene rings is 2. The lowest BCUT2D eigenvalue weighted by Gasteiger charge is -2.15. The normalized spacial score (nSPS) is 14.3. The third-order valence-electron chi connectivity index (χ3n) is 6.53. The first kappa shape index (κ1) is 26.1. The van der Waals surface area contributed by atoms with Gasteiger partial charge >= 0.3 is 5.97 Å². The second-order valence-electron chi connectivity index (χ2n) is 8.89. The van der Waals surface area contributed by atoms with Gasteiger partial charge in [0.1, 0.15) is 12.2 Å². The number of rotatable bonds is 6. The van der Waals surface area contributed by atoms with E-state index in [1.54, 1.807) is 29.0 Å². The van der Waals surface area contributed by atoms with E-state index in [4.69, 9.17) is 16.7 Å². The van der Waals surface area contributed by atoms with Crippen molar-refractivity contribution in [2.75, 3.05) is 0 Å². The second kappa shape index (κ2) is 10.7. The summed E-state index contributed by atoms with van der Waals surface area (Å²) in [5.41, 5.74) is 5.39. The van der Waals surface area contributed by atoms with Gasteiger partial charge < -0.3 is 14.7 Å². The number of aromatic amines is 1. The number of carbonyl (C=O) groups is 1. The maximum Gasteiger partial charge on any atom is 0.328 e. The number of hydrogen-bond donors (Lipinski definition) is 2. The minimum absolute atomic E-state index is 0. The van der Waals surface area contributed by atoms with Gasteiger partial charge in [0.05, 0.1) is 23.6 Å². The molecule has 12 heteroatoms. The number of nitrogens with one attached hydrogen (secondary N) is 1. The standard InChI is InChI=1S/C27H20ClN7O3.ClH/c28-19-5-7-23(34-15-30-32-33-34)21(13-19)18-11-20-6-8-24(35(20)25(36)12-18)27-29-14-22(31-27)17-3-1-2-16(10-17)4-9-26(37)38;/h1-5,7,9-15,24H,6,8H2,(H,29,31)(H,37,38);1H/b9-4+;. The molecule has 2 aromatic carbocycles. The van der Waals surface area contributed by atoms with Crippen LogP contribution in [0.15, 0.2) is 78.0 Å². The Morgan fingerprint density at radius 1 is 1.13 bits per heavy atom. The summed E-state index contributed by atoms with van der Waals surface area (Å²) in [7, 11) is 0. The van der Waals surface area contributed by atoms with E-state index in [1.165, 1.54) is 17.1 Å². The van der Waals surface area contributed by atoms with Crippen LogP contribution in [0.1, 0.15) is 29.5 Å². The summed E-state index contributed by atoms with van der Waals surface area (Å²) in [5, 5.41) is 20.9. The number of aliphatic carboxylic acids is 1. The molecule has 1 unspecified atom stereocenters. The quantitative estimate of drug-likeness (QED) is 0.290. The lowest BCUT2D eigenvalue weighted by atomic mass is 10.0. The number of nitrogens with zero attached hydrogens (tertiary/aromatic N) is 6. The zero-order chi connectivity index (χ0) is 26.2. The molecule has 0 fully saturated rings. The minimum Gasteiger partial charge on any atom is -0.478 e. The van der Waals surface area contributed by atoms with Gasteiger partial charge in [0.15, 0.2) is 0 Å². The summed E-state index contributed by atoms with van der Waals surface area (Å²) in [6, 6.07) is 16.2. The van der Waals surface area contributed by atoms with Crippen LogP contribution in [0, 0.1) is 0 Å². The van der Waals surface area contributed by atoms with Crippen LogP contribution in [-0.2, 0) is 11.2 Å². The smallest absolute Gasteiger partial charge is 0.328 e. The molecule has 3 aromatic heterocycles. The number of hydrogen-bond acceptors (Lipinski definition) is 6. The van der Waals surface area contributed by atoms with Crippen molar-refractivity contribution < 1.29 is 9.90 Å². The molecule has 39 heavy (non-hydrogen) atoms. The van der Waals surface area contributed by atoms with Gasteiger partial charge in [-0.25, -0.2) is 9.78 Å². The molecule has 0 aliphatic carbocycles. The fourth-order valence-electron chi connectivity index (χ4n) is 4.85. The van der Waals surface area contributed by atoms with Gasteiger partial charge in [-0.2, -0.15) is 4.68 Å². The fourth-order valence-corrected chi connectivity index (χ4v) is 5.02. The Kier molecular flexibility index (Phi) is 7.14. The summed E-state index contributed by atoms with van der Waals surface area (Å²) in [4.78, 5) is 32.2. The van der Waals surface area contributed by atoms with Crippen molar-refractivity contribution in [3.05, 3.63) is 106 Å². The molecule has 0 bridgehead atoms. The van der Waals surface area contributed by atoms with E-state index in [9.17, 15) is 9.59 Å². The lowest BCUT2D eigenvalue weighted by molar-refractivity contribution is -0.131. The number of fused-ring (bicyclic) bond motifs is 1. The number of halogens is 2. The zero-order valence-electron chi connectivity index (χ0n) is 20.2. The van der Waals surface area contributed by atoms with Gasteiger partial charge in [0, 0.05) is 34.0 Å². The Labute approximate surface area is 233 Å². The Morgan fingerprint density at radius 3 is 2.79 bits per heavy atom. The third-order valence-corrected chi connectivity index (χ3v) is 6.76. The first-order valence-corrected chi connectivity index (χ1v) is 12.2. The topological polar surface area (TPSA) is 132 Å². The Hall–Kier alpha value is -4.54. The predicted octanol–water partition coefficient (Wildman–Crippen LogP) is 4.59. The summed E-state index contributed by atoms with van der Waals surface area (Å²) in [5.74, 6) is -0.313. The van der Waals surface area contributed by atoms with E-state index >= 15 is 0 Å². The van der Waals surface area contributed by atoms with Crippen molar-refractivity contribution in [3.63, 3.8) is 0 Å². The molecule has 1 aliphatic heterocycles. The van der Waals surface area contributed by atoms with Crippen LogP contribution in [0.2, 0.25) is 5.02 Å². The van der Waals surface area contributed by atoms with E-state index in [0.717, 1.165) is 51.8 Å². The van der Waals surface area contributed by atoms with Gasteiger partial charge in [-0.1, -0.05) is 29.8 Å². The van der Waals surface area contributed by atoms with Gasteiger partial charge in [-0.3, -0.25) is 4.79 Å². The van der Waals surface area contributed by atoms with E-state index < -0.39 is 5.97 Å². The molecule has 4 heterocycles. The fraction of sp³-hybridized carbons (Fsp3) is 0.111. The molecule has 0 radical (unpaired) electrons. The molecule has 1 atom stereocenters. The highest BCUT2D eigenvalue weighted by atomic mass is 35.5. The summed E-state index contributed by atoms with van der Waals surface area (Å²) in [6.07, 6.45) is 7.30. The zero-order valence-corrected chi connectivity index (χ0v) is 21.8. The van der Waals surface area contributed by atoms with Crippen LogP contribution in [0.3, 0.4) is 0 Å². The second-order valence-corrected chi connectivity index (χ2v) is 9.33. The van der Waals surface area contributed by atoms with Crippen LogP contribution in [0.4, 0.5) is 0 Å². The number of imidazole rings is 1. The Bertz CT molecular complexity index is 1760. The summed E-state index contributed by atoms with van der Waals surface area (Å²) < 4.78 is 3.32. The average molecular weight is 562 g/mol. The molecule has 0 saturated carbocycles. The number of carboxylic acids is 1. The molecule has 0 saturated heterocycles. The summed E-state index contributed by atoms with van der Waals surface area (Å²) in [6.45, 7) is 0. The minimum atomic E-state index is -1.00. The number of pyridine rings is 1. The molecule has 2 N–H and O–H groups in total. The highest BCUT2D eigenvalue weighted by Crippen LogP contribution is 2.34. The predicted molar refractivity (Wildman–Crippen MR) is 148 cm³/mol. The van der Waals surface area contributed by atoms with Gasteiger partial charge in [-0.05, 0) is 70.8 Å². The van der Waals surface area contributed by atoms with Crippen molar-refractivity contribution in [2.45, 2.75) is 18.9 Å². The van der Waals surface area contributed by atoms with Crippen molar-refractivity contribution in [3.8, 4) is 28.1 Å². The Balaban J connectivity index is 0.00000308. The Morgan fingerprint density at radius 2 is 2.00 bits per heavy atom. The number of H-pyrrole nitrogens is 1. The van der Waals surface area contributed by atoms with Gasteiger partial charge in [-0.15, -0.1) is 17.5 Å². The molecular weight excluding hydrogens is 541 g/mol. The molecule has 0 spiro atoms. The van der Waals surface area contributed by atoms with Crippen molar-refractivity contribution in [1.29, 1.82) is 0 Å². The van der Waals surface area contributed by atoms with Gasteiger partial charge in [0.25, 0.3) is 5.56 Å². The highest BCUT2D eigenvalue weighted by Gasteiger charge is 2.28. The number of aromatic nitrogens is 7. The molecule has 1 aliphatic rings. The highest BCUT2D eigenvalue weighted by molar-refractivity contribution is 6.31. The van der Waals surface area contributed by atoms with Crippen molar-refractivity contribution in [2.24, 2.45) is 0 Å². The maximum absolute atomic E-state index is 13.4. The van der Waals surface area contributed by atoms with Crippen LogP contribution in [0.5, 0.6) is 0 Å². The van der Waals surface area contributed by atoms with Crippen molar-refractivity contribution in [1.82, 2.24) is 34.7 Å². The summed E-state index contributed by atoms with van der Waals surface area (Å²) >= 11 is 6.30. The SMILES string of the molecule is Cl.O=C(O)/C=C/c1cccc(-c2cnc(C3CCc4cc(-c5cc(Cl)ccc5-n5cnnn5)cc(=O)n43)[nH]2)c1. The van der Waals surface area contributed by atoms with Crippen LogP contribution < -0.4 is 5.56 Å². The van der Waals surface area contributed by atoms with Crippen LogP contribution in [-0.4, -0.2) is 45.8 Å². The molecule has 10 nitrogen and oxygen atoms in total. The van der Waals surface area contributed by atoms with E-state index in [-0.39, 0.29) is 24.0 Å². The van der Waals surface area contributed by atoms with Crippen LogP contribution in [0.25, 0.3) is 34.1 Å². The van der Waals surface area contributed by atoms with E-state index in [2.05, 4.69) is 25.5 Å². The molecule has 0 amide bonds. The van der Waals surface area contributed by atoms with Gasteiger partial charge in [0.2, 0.25) is 0 Å². The van der Waals surface area contributed by atoms with Crippen LogP contribution >= 0.6 is 24.0 Å². The number of aryl methyl sites for hydroxylation is 1. The van der Waals surface area contributed by atoms with E-state index in [1.807, 2.05) is 36.4 Å². The molecule has 5 aromatic rings.